The molecule has 2 aromatic rings. The molecule has 0 saturated heterocycles. The molecule has 1 heterocycles. The van der Waals surface area contributed by atoms with E-state index in [2.05, 4.69) is 31.1 Å². The summed E-state index contributed by atoms with van der Waals surface area (Å²) < 4.78 is 0. The molecule has 1 amide bonds. The van der Waals surface area contributed by atoms with Crippen LogP contribution in [-0.2, 0) is 5.41 Å². The van der Waals surface area contributed by atoms with Crippen LogP contribution in [0.3, 0.4) is 0 Å². The predicted molar refractivity (Wildman–Crippen MR) is 82.3 cm³/mol. The lowest BCUT2D eigenvalue weighted by atomic mass is 9.87. The third-order valence-corrected chi connectivity index (χ3v) is 3.20. The van der Waals surface area contributed by atoms with Gasteiger partial charge in [0, 0.05) is 17.4 Å². The van der Waals surface area contributed by atoms with Crippen LogP contribution >= 0.6 is 11.6 Å². The van der Waals surface area contributed by atoms with Crippen molar-refractivity contribution >= 4 is 23.2 Å². The number of hydrogen-bond donors (Lipinski definition) is 1. The van der Waals surface area contributed by atoms with Crippen LogP contribution in [0.2, 0.25) is 5.15 Å². The Morgan fingerprint density at radius 3 is 2.35 bits per heavy atom. The van der Waals surface area contributed by atoms with Crippen LogP contribution in [0, 0.1) is 0 Å². The van der Waals surface area contributed by atoms with E-state index in [9.17, 15) is 4.79 Å². The van der Waals surface area contributed by atoms with E-state index in [1.54, 1.807) is 12.1 Å². The van der Waals surface area contributed by atoms with Gasteiger partial charge in [-0.1, -0.05) is 44.5 Å². The molecule has 0 aliphatic carbocycles. The summed E-state index contributed by atoms with van der Waals surface area (Å²) in [7, 11) is 0. The minimum absolute atomic E-state index is 0.0984. The van der Waals surface area contributed by atoms with Crippen molar-refractivity contribution in [2.45, 2.75) is 26.2 Å². The summed E-state index contributed by atoms with van der Waals surface area (Å²) in [6.45, 7) is 6.46. The molecule has 2 rings (SSSR count). The normalized spacial score (nSPS) is 11.2. The zero-order chi connectivity index (χ0) is 14.8. The van der Waals surface area contributed by atoms with Crippen molar-refractivity contribution in [3.63, 3.8) is 0 Å². The molecule has 104 valence electrons. The molecule has 0 saturated carbocycles. The van der Waals surface area contributed by atoms with Crippen molar-refractivity contribution in [1.82, 2.24) is 4.98 Å². The second kappa shape index (κ2) is 5.63. The van der Waals surface area contributed by atoms with Crippen LogP contribution in [0.1, 0.15) is 36.7 Å². The molecule has 20 heavy (non-hydrogen) atoms. The number of hydrogen-bond acceptors (Lipinski definition) is 2. The Morgan fingerprint density at radius 2 is 1.80 bits per heavy atom. The maximum atomic E-state index is 12.1. The fourth-order valence-corrected chi connectivity index (χ4v) is 1.97. The molecule has 0 radical (unpaired) electrons. The van der Waals surface area contributed by atoms with Crippen molar-refractivity contribution in [3.05, 3.63) is 58.9 Å². The Labute approximate surface area is 124 Å². The fourth-order valence-electron chi connectivity index (χ4n) is 1.80. The van der Waals surface area contributed by atoms with Crippen LogP contribution in [0.25, 0.3) is 0 Å². The number of nitrogens with one attached hydrogen (secondary N) is 1. The number of aromatic nitrogens is 1. The third kappa shape index (κ3) is 3.58. The highest BCUT2D eigenvalue weighted by Gasteiger charge is 2.13. The van der Waals surface area contributed by atoms with Crippen molar-refractivity contribution in [2.75, 3.05) is 5.32 Å². The van der Waals surface area contributed by atoms with Crippen LogP contribution < -0.4 is 5.32 Å². The van der Waals surface area contributed by atoms with E-state index < -0.39 is 0 Å². The molecule has 4 heteroatoms. The summed E-state index contributed by atoms with van der Waals surface area (Å²) in [5.41, 5.74) is 2.57. The summed E-state index contributed by atoms with van der Waals surface area (Å²) in [5.74, 6) is -0.196. The number of carbonyl (C=O) groups is 1. The van der Waals surface area contributed by atoms with E-state index >= 15 is 0 Å². The fraction of sp³-hybridized carbons (Fsp3) is 0.250. The quantitative estimate of drug-likeness (QED) is 0.838. The molecule has 0 unspecified atom stereocenters. The Kier molecular flexibility index (Phi) is 4.09. The summed E-state index contributed by atoms with van der Waals surface area (Å²) in [4.78, 5) is 15.9. The van der Waals surface area contributed by atoms with E-state index in [1.165, 1.54) is 11.8 Å². The third-order valence-electron chi connectivity index (χ3n) is 3.00. The van der Waals surface area contributed by atoms with Gasteiger partial charge in [-0.25, -0.2) is 4.98 Å². The molecule has 0 spiro atoms. The van der Waals surface area contributed by atoms with Gasteiger partial charge in [0.2, 0.25) is 0 Å². The number of nitrogens with zero attached hydrogens (tertiary/aromatic N) is 1. The van der Waals surface area contributed by atoms with Gasteiger partial charge in [-0.2, -0.15) is 0 Å². The number of halogens is 1. The smallest absolute Gasteiger partial charge is 0.255 e. The Hall–Kier alpha value is -1.87. The zero-order valence-electron chi connectivity index (χ0n) is 11.8. The molecule has 1 aromatic heterocycles. The molecule has 1 N–H and O–H groups in total. The van der Waals surface area contributed by atoms with Crippen LogP contribution in [0.15, 0.2) is 42.6 Å². The maximum absolute atomic E-state index is 12.1. The van der Waals surface area contributed by atoms with Gasteiger partial charge in [-0.3, -0.25) is 4.79 Å². The molecule has 0 aliphatic heterocycles. The first-order chi connectivity index (χ1) is 9.36. The summed E-state index contributed by atoms with van der Waals surface area (Å²) in [5, 5.41) is 3.14. The summed E-state index contributed by atoms with van der Waals surface area (Å²) in [6, 6.07) is 11.0. The number of rotatable bonds is 2. The zero-order valence-corrected chi connectivity index (χ0v) is 12.5. The van der Waals surface area contributed by atoms with Gasteiger partial charge in [-0.05, 0) is 35.2 Å². The monoisotopic (exact) mass is 288 g/mol. The van der Waals surface area contributed by atoms with Crippen LogP contribution in [0.5, 0.6) is 0 Å². The van der Waals surface area contributed by atoms with Crippen LogP contribution in [0.4, 0.5) is 5.69 Å². The molecule has 0 atom stereocenters. The number of anilines is 1. The number of pyridine rings is 1. The average Bonchev–Trinajstić information content (AvgIpc) is 2.38. The van der Waals surface area contributed by atoms with E-state index in [1.807, 2.05) is 24.3 Å². The first-order valence-electron chi connectivity index (χ1n) is 6.40. The van der Waals surface area contributed by atoms with Gasteiger partial charge in [0.25, 0.3) is 5.91 Å². The SMILES string of the molecule is CC(C)(C)c1ccc(NC(=O)c2ccnc(Cl)c2)cc1. The molecular formula is C16H17ClN2O. The molecule has 3 nitrogen and oxygen atoms in total. The van der Waals surface area contributed by atoms with Crippen molar-refractivity contribution in [3.8, 4) is 0 Å². The molecule has 0 bridgehead atoms. The predicted octanol–water partition coefficient (Wildman–Crippen LogP) is 4.28. The Morgan fingerprint density at radius 1 is 1.15 bits per heavy atom. The topological polar surface area (TPSA) is 42.0 Å². The van der Waals surface area contributed by atoms with Crippen molar-refractivity contribution < 1.29 is 4.79 Å². The second-order valence-electron chi connectivity index (χ2n) is 5.65. The van der Waals surface area contributed by atoms with Crippen LogP contribution in [-0.4, -0.2) is 10.9 Å². The molecule has 0 fully saturated rings. The van der Waals surface area contributed by atoms with Gasteiger partial charge in [-0.15, -0.1) is 0 Å². The van der Waals surface area contributed by atoms with E-state index in [-0.39, 0.29) is 11.3 Å². The number of benzene rings is 1. The Balaban J connectivity index is 2.12. The van der Waals surface area contributed by atoms with Gasteiger partial charge >= 0.3 is 0 Å². The number of carbonyl (C=O) groups excluding carboxylic acids is 1. The van der Waals surface area contributed by atoms with Gasteiger partial charge in [0.05, 0.1) is 0 Å². The summed E-state index contributed by atoms with van der Waals surface area (Å²) >= 11 is 5.77. The first-order valence-corrected chi connectivity index (χ1v) is 6.77. The molecular weight excluding hydrogens is 272 g/mol. The second-order valence-corrected chi connectivity index (χ2v) is 6.04. The van der Waals surface area contributed by atoms with Gasteiger partial charge in [0.1, 0.15) is 5.15 Å². The average molecular weight is 289 g/mol. The first kappa shape index (κ1) is 14.5. The highest BCUT2D eigenvalue weighted by Crippen LogP contribution is 2.23. The minimum Gasteiger partial charge on any atom is -0.322 e. The van der Waals surface area contributed by atoms with Gasteiger partial charge < -0.3 is 5.32 Å². The van der Waals surface area contributed by atoms with Crippen molar-refractivity contribution in [2.24, 2.45) is 0 Å². The van der Waals surface area contributed by atoms with Crippen molar-refractivity contribution in [1.29, 1.82) is 0 Å². The van der Waals surface area contributed by atoms with Gasteiger partial charge in [0.15, 0.2) is 0 Å². The van der Waals surface area contributed by atoms with E-state index in [4.69, 9.17) is 11.6 Å². The lowest BCUT2D eigenvalue weighted by Gasteiger charge is -2.19. The van der Waals surface area contributed by atoms with E-state index in [0.717, 1.165) is 5.69 Å². The standard InChI is InChI=1S/C16H17ClN2O/c1-16(2,3)12-4-6-13(7-5-12)19-15(20)11-8-9-18-14(17)10-11/h4-10H,1-3H3,(H,19,20). The number of amides is 1. The van der Waals surface area contributed by atoms with E-state index in [0.29, 0.717) is 10.7 Å². The minimum atomic E-state index is -0.196. The lowest BCUT2D eigenvalue weighted by Crippen LogP contribution is -2.13. The Bertz CT molecular complexity index is 615. The highest BCUT2D eigenvalue weighted by molar-refractivity contribution is 6.29. The molecule has 1 aromatic carbocycles. The molecule has 0 aliphatic rings. The largest absolute Gasteiger partial charge is 0.322 e. The summed E-state index contributed by atoms with van der Waals surface area (Å²) in [6.07, 6.45) is 1.51. The highest BCUT2D eigenvalue weighted by atomic mass is 35.5. The lowest BCUT2D eigenvalue weighted by molar-refractivity contribution is 0.102. The maximum Gasteiger partial charge on any atom is 0.255 e.